The molecule has 4 aromatic rings. The van der Waals surface area contributed by atoms with Crippen molar-refractivity contribution in [3.8, 4) is 17.2 Å². The fraction of sp³-hybridized carbons (Fsp3) is 0.304. The van der Waals surface area contributed by atoms with Gasteiger partial charge in [-0.3, -0.25) is 4.79 Å². The third-order valence-electron chi connectivity index (χ3n) is 5.44. The summed E-state index contributed by atoms with van der Waals surface area (Å²) in [5.74, 6) is 2.11. The lowest BCUT2D eigenvalue weighted by atomic mass is 9.97. The Labute approximate surface area is 189 Å². The van der Waals surface area contributed by atoms with Gasteiger partial charge in [0.05, 0.1) is 29.0 Å². The lowest BCUT2D eigenvalue weighted by Crippen LogP contribution is -2.41. The van der Waals surface area contributed by atoms with E-state index in [0.29, 0.717) is 29.7 Å². The van der Waals surface area contributed by atoms with E-state index in [9.17, 15) is 4.79 Å². The van der Waals surface area contributed by atoms with E-state index in [0.717, 1.165) is 41.2 Å². The Morgan fingerprint density at radius 3 is 3.00 bits per heavy atom. The summed E-state index contributed by atoms with van der Waals surface area (Å²) in [5, 5.41) is 12.2. The minimum absolute atomic E-state index is 0.0149. The number of hydrogen-bond donors (Lipinski definition) is 1. The summed E-state index contributed by atoms with van der Waals surface area (Å²) in [6.45, 7) is 4.01. The standard InChI is InChI=1S/C23H23N5O3S/c1-2-30-16-7-8-18-20(13-16)32-23(24-18)25-22(29)15-5-3-11-28(14-15)21-10-9-17(26-27-21)19-6-4-12-31-19/h4,6-10,12-13,15H,2-3,5,11,14H2,1H3,(H,24,25,29). The molecule has 9 heteroatoms. The number of thiazole rings is 1. The van der Waals surface area contributed by atoms with Crippen molar-refractivity contribution in [2.24, 2.45) is 5.92 Å². The van der Waals surface area contributed by atoms with Gasteiger partial charge in [0.2, 0.25) is 5.91 Å². The van der Waals surface area contributed by atoms with E-state index < -0.39 is 0 Å². The van der Waals surface area contributed by atoms with Crippen molar-refractivity contribution in [2.75, 3.05) is 29.9 Å². The van der Waals surface area contributed by atoms with E-state index in [1.807, 2.05) is 49.4 Å². The molecule has 5 rings (SSSR count). The second kappa shape index (κ2) is 8.96. The number of carbonyl (C=O) groups excluding carboxylic acids is 1. The van der Waals surface area contributed by atoms with E-state index in [4.69, 9.17) is 9.15 Å². The monoisotopic (exact) mass is 449 g/mol. The molecule has 4 heterocycles. The predicted molar refractivity (Wildman–Crippen MR) is 124 cm³/mol. The van der Waals surface area contributed by atoms with Crippen LogP contribution in [0.4, 0.5) is 10.9 Å². The van der Waals surface area contributed by atoms with Crippen LogP contribution in [0.3, 0.4) is 0 Å². The molecule has 1 fully saturated rings. The summed E-state index contributed by atoms with van der Waals surface area (Å²) in [7, 11) is 0. The number of rotatable bonds is 6. The van der Waals surface area contributed by atoms with E-state index in [-0.39, 0.29) is 11.8 Å². The average Bonchev–Trinajstić information content (AvgIpc) is 3.49. The molecule has 0 spiro atoms. The molecule has 164 valence electrons. The highest BCUT2D eigenvalue weighted by Crippen LogP contribution is 2.30. The number of carbonyl (C=O) groups is 1. The number of hydrogen-bond acceptors (Lipinski definition) is 8. The van der Waals surface area contributed by atoms with Crippen molar-refractivity contribution >= 4 is 38.4 Å². The Morgan fingerprint density at radius 2 is 2.22 bits per heavy atom. The van der Waals surface area contributed by atoms with Gasteiger partial charge in [-0.15, -0.1) is 10.2 Å². The summed E-state index contributed by atoms with van der Waals surface area (Å²) in [6.07, 6.45) is 3.36. The highest BCUT2D eigenvalue weighted by molar-refractivity contribution is 7.22. The first kappa shape index (κ1) is 20.4. The maximum atomic E-state index is 13.0. The van der Waals surface area contributed by atoms with Crippen molar-refractivity contribution in [3.05, 3.63) is 48.7 Å². The molecule has 1 aromatic carbocycles. The van der Waals surface area contributed by atoms with Gasteiger partial charge in [0.25, 0.3) is 0 Å². The maximum Gasteiger partial charge on any atom is 0.231 e. The minimum atomic E-state index is -0.138. The van der Waals surface area contributed by atoms with E-state index in [1.165, 1.54) is 11.3 Å². The van der Waals surface area contributed by atoms with Crippen LogP contribution in [0.2, 0.25) is 0 Å². The van der Waals surface area contributed by atoms with Gasteiger partial charge >= 0.3 is 0 Å². The molecule has 1 aliphatic heterocycles. The van der Waals surface area contributed by atoms with Crippen LogP contribution in [0.25, 0.3) is 21.7 Å². The third-order valence-corrected chi connectivity index (χ3v) is 6.37. The van der Waals surface area contributed by atoms with Crippen LogP contribution >= 0.6 is 11.3 Å². The number of nitrogens with one attached hydrogen (secondary N) is 1. The lowest BCUT2D eigenvalue weighted by molar-refractivity contribution is -0.120. The molecular weight excluding hydrogens is 426 g/mol. The normalized spacial score (nSPS) is 16.3. The zero-order valence-corrected chi connectivity index (χ0v) is 18.5. The third kappa shape index (κ3) is 4.29. The molecule has 3 aromatic heterocycles. The van der Waals surface area contributed by atoms with Crippen LogP contribution in [0.15, 0.2) is 53.1 Å². The molecule has 1 amide bonds. The molecule has 0 aliphatic carbocycles. The van der Waals surface area contributed by atoms with E-state index in [1.54, 1.807) is 6.26 Å². The number of fused-ring (bicyclic) bond motifs is 1. The maximum absolute atomic E-state index is 13.0. The molecule has 1 unspecified atom stereocenters. The Morgan fingerprint density at radius 1 is 1.28 bits per heavy atom. The van der Waals surface area contributed by atoms with Crippen molar-refractivity contribution in [1.82, 2.24) is 15.2 Å². The lowest BCUT2D eigenvalue weighted by Gasteiger charge is -2.32. The van der Waals surface area contributed by atoms with Crippen molar-refractivity contribution in [1.29, 1.82) is 0 Å². The summed E-state index contributed by atoms with van der Waals surface area (Å²) in [6, 6.07) is 13.3. The second-order valence-electron chi connectivity index (χ2n) is 7.61. The fourth-order valence-electron chi connectivity index (χ4n) is 3.87. The number of amides is 1. The second-order valence-corrected chi connectivity index (χ2v) is 8.64. The van der Waals surface area contributed by atoms with Crippen LogP contribution in [0.1, 0.15) is 19.8 Å². The summed E-state index contributed by atoms with van der Waals surface area (Å²) in [5.41, 5.74) is 1.54. The number of piperidine rings is 1. The molecular formula is C23H23N5O3S. The average molecular weight is 450 g/mol. The van der Waals surface area contributed by atoms with Gasteiger partial charge in [0.1, 0.15) is 11.4 Å². The number of ether oxygens (including phenoxy) is 1. The molecule has 32 heavy (non-hydrogen) atoms. The first-order valence-electron chi connectivity index (χ1n) is 10.7. The van der Waals surface area contributed by atoms with Gasteiger partial charge in [0, 0.05) is 13.1 Å². The highest BCUT2D eigenvalue weighted by atomic mass is 32.1. The van der Waals surface area contributed by atoms with Gasteiger partial charge in [-0.1, -0.05) is 11.3 Å². The topological polar surface area (TPSA) is 93.4 Å². The largest absolute Gasteiger partial charge is 0.494 e. The molecule has 0 bridgehead atoms. The quantitative estimate of drug-likeness (QED) is 0.460. The van der Waals surface area contributed by atoms with Crippen molar-refractivity contribution in [2.45, 2.75) is 19.8 Å². The molecule has 1 atom stereocenters. The van der Waals surface area contributed by atoms with Gasteiger partial charge in [-0.25, -0.2) is 4.98 Å². The van der Waals surface area contributed by atoms with Crippen LogP contribution < -0.4 is 15.0 Å². The summed E-state index contributed by atoms with van der Waals surface area (Å²) >= 11 is 1.46. The zero-order chi connectivity index (χ0) is 21.9. The molecule has 1 N–H and O–H groups in total. The van der Waals surface area contributed by atoms with Gasteiger partial charge < -0.3 is 19.4 Å². The summed E-state index contributed by atoms with van der Waals surface area (Å²) < 4.78 is 11.9. The van der Waals surface area contributed by atoms with E-state index >= 15 is 0 Å². The SMILES string of the molecule is CCOc1ccc2nc(NC(=O)C3CCCN(c4ccc(-c5ccco5)nn4)C3)sc2c1. The van der Waals surface area contributed by atoms with E-state index in [2.05, 4.69) is 25.4 Å². The van der Waals surface area contributed by atoms with Gasteiger partial charge in [-0.2, -0.15) is 0 Å². The van der Waals surface area contributed by atoms with Crippen LogP contribution in [0, 0.1) is 5.92 Å². The van der Waals surface area contributed by atoms with Crippen LogP contribution in [-0.2, 0) is 4.79 Å². The molecule has 1 aliphatic rings. The highest BCUT2D eigenvalue weighted by Gasteiger charge is 2.27. The number of benzene rings is 1. The zero-order valence-electron chi connectivity index (χ0n) is 17.7. The Kier molecular flexibility index (Phi) is 5.72. The summed E-state index contributed by atoms with van der Waals surface area (Å²) in [4.78, 5) is 19.6. The Bertz CT molecular complexity index is 1210. The molecule has 8 nitrogen and oxygen atoms in total. The van der Waals surface area contributed by atoms with Crippen LogP contribution in [-0.4, -0.2) is 40.8 Å². The number of furan rings is 1. The molecule has 1 saturated heterocycles. The minimum Gasteiger partial charge on any atom is -0.494 e. The number of aromatic nitrogens is 3. The van der Waals surface area contributed by atoms with Gasteiger partial charge in [-0.05, 0) is 62.2 Å². The molecule has 0 radical (unpaired) electrons. The van der Waals surface area contributed by atoms with Gasteiger partial charge in [0.15, 0.2) is 16.7 Å². The predicted octanol–water partition coefficient (Wildman–Crippen LogP) is 4.60. The first-order valence-corrected chi connectivity index (χ1v) is 11.5. The fourth-order valence-corrected chi connectivity index (χ4v) is 4.77. The molecule has 0 saturated carbocycles. The Balaban J connectivity index is 1.25. The number of anilines is 2. The smallest absolute Gasteiger partial charge is 0.231 e. The first-order chi connectivity index (χ1) is 15.7. The van der Waals surface area contributed by atoms with Crippen molar-refractivity contribution < 1.29 is 13.9 Å². The Hall–Kier alpha value is -3.46. The van der Waals surface area contributed by atoms with Crippen LogP contribution in [0.5, 0.6) is 5.75 Å². The number of nitrogens with zero attached hydrogens (tertiary/aromatic N) is 4. The van der Waals surface area contributed by atoms with Crippen molar-refractivity contribution in [3.63, 3.8) is 0 Å².